The SMILES string of the molecule is C=CC(=O)NCCCn1c(=O)c(Br)c(Br)c(=O)n1CCC(=O)NCCOCCOCCN(CCOCCOCCNC(=O)CCn1c(=O)c(Br)c(Br)c(=O)n1CCCNC(=O)C=C)C(=O)CCOCCOCCOCCC(=O)NCCOCCOCCNC(=O)OC[C@@H]1[C@@H]2CCC#CCC[C@@H]21. The summed E-state index contributed by atoms with van der Waals surface area (Å²) in [6, 6.07) is 0. The van der Waals surface area contributed by atoms with Gasteiger partial charge in [-0.05, 0) is 119 Å². The van der Waals surface area contributed by atoms with Crippen molar-refractivity contribution in [1.82, 2.24) is 55.5 Å². The lowest BCUT2D eigenvalue weighted by atomic mass is 10.1. The van der Waals surface area contributed by atoms with Crippen molar-refractivity contribution in [2.24, 2.45) is 17.8 Å². The van der Waals surface area contributed by atoms with Gasteiger partial charge in [0.15, 0.2) is 0 Å². The van der Waals surface area contributed by atoms with Crippen LogP contribution in [0.15, 0.2) is 62.4 Å². The highest BCUT2D eigenvalue weighted by atomic mass is 79.9. The molecule has 0 saturated heterocycles. The van der Waals surface area contributed by atoms with Gasteiger partial charge in [-0.25, -0.2) is 23.5 Å². The molecule has 0 unspecified atom stereocenters. The van der Waals surface area contributed by atoms with E-state index in [2.05, 4.69) is 121 Å². The topological polar surface area (TPSA) is 375 Å². The summed E-state index contributed by atoms with van der Waals surface area (Å²) in [7, 11) is 0. The lowest BCUT2D eigenvalue weighted by molar-refractivity contribution is -0.134. The Hall–Kier alpha value is -5.95. The van der Waals surface area contributed by atoms with Crippen molar-refractivity contribution in [1.29, 1.82) is 0 Å². The van der Waals surface area contributed by atoms with E-state index in [1.807, 2.05) is 0 Å². The van der Waals surface area contributed by atoms with Crippen LogP contribution in [0.3, 0.4) is 0 Å². The molecule has 1 saturated carbocycles. The molecule has 6 N–H and O–H groups in total. The van der Waals surface area contributed by atoms with Gasteiger partial charge < -0.3 is 84.2 Å². The monoisotopic (exact) mass is 1680 g/mol. The molecule has 2 heterocycles. The Kier molecular flexibility index (Phi) is 45.8. The third-order valence-electron chi connectivity index (χ3n) is 15.4. The average Bonchev–Trinajstić information content (AvgIpc) is 1.76. The van der Waals surface area contributed by atoms with Crippen LogP contribution in [-0.4, -0.2) is 243 Å². The Balaban J connectivity index is 1.06. The summed E-state index contributed by atoms with van der Waals surface area (Å²) in [5.74, 6) is 6.16. The van der Waals surface area contributed by atoms with Crippen LogP contribution in [0.2, 0.25) is 0 Å². The molecule has 1 fully saturated rings. The van der Waals surface area contributed by atoms with Crippen LogP contribution < -0.4 is 54.1 Å². The molecule has 0 spiro atoms. The average molecular weight is 1690 g/mol. The fourth-order valence-electron chi connectivity index (χ4n) is 10.1. The molecule has 0 bridgehead atoms. The highest BCUT2D eigenvalue weighted by molar-refractivity contribution is 9.13. The second kappa shape index (κ2) is 52.9. The van der Waals surface area contributed by atoms with Crippen molar-refractivity contribution < 1.29 is 80.9 Å². The van der Waals surface area contributed by atoms with Crippen LogP contribution in [-0.2, 0) is 102 Å². The van der Waals surface area contributed by atoms with Crippen LogP contribution in [0.1, 0.15) is 64.2 Å². The molecule has 0 aromatic carbocycles. The molecule has 7 amide bonds. The summed E-state index contributed by atoms with van der Waals surface area (Å²) in [5, 5.41) is 16.2. The fourth-order valence-corrected chi connectivity index (χ4v) is 11.6. The van der Waals surface area contributed by atoms with Gasteiger partial charge in [0, 0.05) is 97.6 Å². The lowest BCUT2D eigenvalue weighted by Crippen LogP contribution is -2.41. The van der Waals surface area contributed by atoms with Gasteiger partial charge in [0.05, 0.1) is 145 Å². The number of amides is 7. The molecule has 101 heavy (non-hydrogen) atoms. The summed E-state index contributed by atoms with van der Waals surface area (Å²) < 4.78 is 60.9. The molecule has 3 atom stereocenters. The molecule has 0 aliphatic heterocycles. The number of carbonyl (C=O) groups is 7. The Labute approximate surface area is 620 Å². The number of rotatable bonds is 57. The summed E-state index contributed by atoms with van der Waals surface area (Å²) in [5.41, 5.74) is -1.99. The number of alkyl carbamates (subject to hydrolysis) is 1. The number of nitrogens with zero attached hydrogens (tertiary/aromatic N) is 5. The van der Waals surface area contributed by atoms with Gasteiger partial charge in [-0.1, -0.05) is 13.2 Å². The Bertz CT molecular complexity index is 3090. The number of ether oxygens (including phenoxy) is 10. The van der Waals surface area contributed by atoms with Gasteiger partial charge >= 0.3 is 6.09 Å². The van der Waals surface area contributed by atoms with Gasteiger partial charge in [0.2, 0.25) is 35.4 Å². The van der Waals surface area contributed by atoms with Gasteiger partial charge in [-0.3, -0.25) is 47.9 Å². The summed E-state index contributed by atoms with van der Waals surface area (Å²) in [6.07, 6.45) is 6.49. The van der Waals surface area contributed by atoms with Gasteiger partial charge in [-0.2, -0.15) is 0 Å². The molecule has 32 nitrogen and oxygen atoms in total. The zero-order chi connectivity index (χ0) is 73.4. The van der Waals surface area contributed by atoms with Crippen molar-refractivity contribution in [2.45, 2.75) is 90.4 Å². The van der Waals surface area contributed by atoms with Crippen LogP contribution in [0, 0.1) is 29.6 Å². The van der Waals surface area contributed by atoms with E-state index in [4.69, 9.17) is 47.4 Å². The fraction of sp³-hybridized carbons (Fsp3) is 0.677. The summed E-state index contributed by atoms with van der Waals surface area (Å²) in [4.78, 5) is 140. The third kappa shape index (κ3) is 35.9. The third-order valence-corrected chi connectivity index (χ3v) is 19.5. The molecule has 566 valence electrons. The number of hydrogen-bond donors (Lipinski definition) is 6. The first-order valence-corrected chi connectivity index (χ1v) is 36.9. The number of fused-ring (bicyclic) bond motifs is 1. The number of halogens is 4. The zero-order valence-electron chi connectivity index (χ0n) is 57.1. The first kappa shape index (κ1) is 87.5. The molecule has 2 aliphatic rings. The molecule has 2 aromatic heterocycles. The van der Waals surface area contributed by atoms with E-state index in [1.54, 1.807) is 4.90 Å². The van der Waals surface area contributed by atoms with Crippen LogP contribution in [0.25, 0.3) is 0 Å². The van der Waals surface area contributed by atoms with Gasteiger partial charge in [0.25, 0.3) is 22.2 Å². The minimum atomic E-state index is -0.514. The minimum absolute atomic E-state index is 0.0232. The maximum Gasteiger partial charge on any atom is 0.407 e. The van der Waals surface area contributed by atoms with Crippen LogP contribution >= 0.6 is 63.7 Å². The molecule has 36 heteroatoms. The molecule has 2 aliphatic carbocycles. The van der Waals surface area contributed by atoms with Crippen LogP contribution in [0.4, 0.5) is 4.79 Å². The van der Waals surface area contributed by atoms with E-state index >= 15 is 0 Å². The minimum Gasteiger partial charge on any atom is -0.449 e. The van der Waals surface area contributed by atoms with Crippen LogP contribution in [0.5, 0.6) is 0 Å². The smallest absolute Gasteiger partial charge is 0.407 e. The summed E-state index contributed by atoms with van der Waals surface area (Å²) >= 11 is 12.6. The number of carbonyl (C=O) groups excluding carboxylic acids is 7. The normalized spacial score (nSPS) is 14.4. The van der Waals surface area contributed by atoms with Crippen molar-refractivity contribution in [3.63, 3.8) is 0 Å². The number of nitrogens with one attached hydrogen (secondary N) is 6. The van der Waals surface area contributed by atoms with E-state index < -0.39 is 28.3 Å². The van der Waals surface area contributed by atoms with Gasteiger partial charge in [-0.15, -0.1) is 11.8 Å². The lowest BCUT2D eigenvalue weighted by Gasteiger charge is -2.23. The predicted molar refractivity (Wildman–Crippen MR) is 384 cm³/mol. The largest absolute Gasteiger partial charge is 0.449 e. The van der Waals surface area contributed by atoms with Crippen molar-refractivity contribution in [3.8, 4) is 11.8 Å². The van der Waals surface area contributed by atoms with Crippen molar-refractivity contribution in [2.75, 3.05) is 178 Å². The van der Waals surface area contributed by atoms with Crippen molar-refractivity contribution >= 4 is 105 Å². The maximum absolute atomic E-state index is 13.4. The maximum atomic E-state index is 13.4. The van der Waals surface area contributed by atoms with E-state index in [-0.39, 0.29) is 237 Å². The quantitative estimate of drug-likeness (QED) is 0.0311. The second-order valence-corrected chi connectivity index (χ2v) is 25.7. The first-order chi connectivity index (χ1) is 48.9. The molecule has 4 rings (SSSR count). The molecular weight excluding hydrogens is 1590 g/mol. The molecule has 0 radical (unpaired) electrons. The van der Waals surface area contributed by atoms with Crippen molar-refractivity contribution in [3.05, 3.63) is 84.6 Å². The summed E-state index contributed by atoms with van der Waals surface area (Å²) in [6.45, 7) is 13.2. The standard InChI is InChI=1S/C65H97Br4N11O21/c1-3-51(81)70-17-9-23-77-61(87)57(66)59(68)63(89)79(77)25-13-53(83)72-19-31-95-41-43-98-35-27-76(28-36-99-44-42-96-32-20-73-54(84)14-26-80-64(90)60(69)58(67)62(88)78(80)24-10-18-71-52(82)4-2)56(86)16-30-93-38-46-100-45-37-92-29-15-55(85)74-21-33-94-39-40-97-34-22-75-65(91)101-47-50-48-11-7-5-6-8-12-49(48)50/h3-4,48-50H,1-2,7-47H2,(H,70,81)(H,71,82)(H,72,83)(H,73,84)(H,74,85)(H,75,91)/t48-,49+,50-. The Morgan fingerprint density at radius 1 is 0.416 bits per heavy atom. The predicted octanol–water partition coefficient (Wildman–Crippen LogP) is 1.52. The highest BCUT2D eigenvalue weighted by Crippen LogP contribution is 2.52. The Morgan fingerprint density at radius 3 is 1.13 bits per heavy atom. The van der Waals surface area contributed by atoms with E-state index in [1.165, 1.54) is 18.7 Å². The van der Waals surface area contributed by atoms with E-state index in [0.29, 0.717) is 76.7 Å². The van der Waals surface area contributed by atoms with E-state index in [9.17, 15) is 52.7 Å². The zero-order valence-corrected chi connectivity index (χ0v) is 63.5. The molecular formula is C65H97Br4N11O21. The Morgan fingerprint density at radius 2 is 0.743 bits per heavy atom. The molecule has 2 aromatic rings. The number of aromatic nitrogens is 4. The van der Waals surface area contributed by atoms with E-state index in [0.717, 1.165) is 37.8 Å². The van der Waals surface area contributed by atoms with Gasteiger partial charge in [0.1, 0.15) is 17.9 Å². The first-order valence-electron chi connectivity index (χ1n) is 33.7. The number of hydrogen-bond acceptors (Lipinski definition) is 21. The second-order valence-electron chi connectivity index (χ2n) is 22.6. The highest BCUT2D eigenvalue weighted by Gasteiger charge is 2.49.